The number of amides is 2. The minimum absolute atomic E-state index is 0.181. The summed E-state index contributed by atoms with van der Waals surface area (Å²) in [7, 11) is 1.64. The lowest BCUT2D eigenvalue weighted by Crippen LogP contribution is -2.33. The van der Waals surface area contributed by atoms with Crippen LogP contribution in [0.15, 0.2) is 97.2 Å². The average molecular weight is 603 g/mol. The molecule has 0 spiro atoms. The number of ether oxygens (including phenoxy) is 1. The molecule has 4 heterocycles. The second-order valence-electron chi connectivity index (χ2n) is 10.5. The quantitative estimate of drug-likeness (QED) is 0.220. The molecule has 2 amide bonds. The molecule has 3 aromatic carbocycles. The fraction of sp³-hybridized carbons (Fsp3) is 0.114. The maximum absolute atomic E-state index is 14.4. The Morgan fingerprint density at radius 1 is 0.977 bits per heavy atom. The van der Waals surface area contributed by atoms with E-state index in [-0.39, 0.29) is 17.5 Å². The number of benzene rings is 3. The van der Waals surface area contributed by atoms with Gasteiger partial charge in [-0.25, -0.2) is 9.37 Å². The summed E-state index contributed by atoms with van der Waals surface area (Å²) in [5.41, 5.74) is 4.65. The highest BCUT2D eigenvalue weighted by Crippen LogP contribution is 2.42. The van der Waals surface area contributed by atoms with Crippen molar-refractivity contribution in [2.45, 2.75) is 13.3 Å². The van der Waals surface area contributed by atoms with Gasteiger partial charge in [-0.1, -0.05) is 42.5 Å². The smallest absolute Gasteiger partial charge is 0.276 e. The molecule has 6 aromatic rings. The van der Waals surface area contributed by atoms with E-state index in [1.54, 1.807) is 37.1 Å². The van der Waals surface area contributed by atoms with Gasteiger partial charge in [0.1, 0.15) is 23.1 Å². The number of fused-ring (bicyclic) bond motifs is 4. The number of anilines is 2. The van der Waals surface area contributed by atoms with Gasteiger partial charge in [0, 0.05) is 28.6 Å². The van der Waals surface area contributed by atoms with Crippen LogP contribution in [-0.4, -0.2) is 35.0 Å². The number of aromatic nitrogens is 2. The first-order chi connectivity index (χ1) is 21.4. The van der Waals surface area contributed by atoms with Gasteiger partial charge in [-0.3, -0.25) is 9.59 Å². The number of halogens is 1. The number of pyridine rings is 1. The van der Waals surface area contributed by atoms with Crippen LogP contribution < -0.4 is 15.0 Å². The summed E-state index contributed by atoms with van der Waals surface area (Å²) < 4.78 is 21.9. The molecule has 0 aliphatic carbocycles. The van der Waals surface area contributed by atoms with Crippen molar-refractivity contribution in [3.05, 3.63) is 125 Å². The van der Waals surface area contributed by atoms with E-state index >= 15 is 0 Å². The molecule has 218 valence electrons. The number of methoxy groups -OCH3 is 1. The Kier molecular flexibility index (Phi) is 6.94. The lowest BCUT2D eigenvalue weighted by atomic mass is 10.1. The molecular formula is C35H27FN4O3S. The molecule has 7 nitrogen and oxygen atoms in total. The minimum atomic E-state index is -0.474. The van der Waals surface area contributed by atoms with Crippen molar-refractivity contribution in [3.8, 4) is 22.0 Å². The van der Waals surface area contributed by atoms with Gasteiger partial charge in [-0.2, -0.15) is 0 Å². The molecule has 0 fully saturated rings. The Labute approximate surface area is 257 Å². The first-order valence-corrected chi connectivity index (χ1v) is 15.0. The lowest BCUT2D eigenvalue weighted by molar-refractivity contribution is 0.0981. The van der Waals surface area contributed by atoms with Gasteiger partial charge in [0.25, 0.3) is 11.8 Å². The molecule has 0 bridgehead atoms. The van der Waals surface area contributed by atoms with Crippen LogP contribution in [0.3, 0.4) is 0 Å². The molecule has 0 atom stereocenters. The predicted octanol–water partition coefficient (Wildman–Crippen LogP) is 7.67. The summed E-state index contributed by atoms with van der Waals surface area (Å²) in [4.78, 5) is 35.2. The SMILES string of the molecule is COc1cccc2c1ccn2-c1cccc(C(=O)N2CCc3cc(C(=O)Nc4c(C)cccc4F)sc3-c3ccccc32)n1. The number of thiophene rings is 1. The van der Waals surface area contributed by atoms with E-state index in [2.05, 4.69) is 5.32 Å². The highest BCUT2D eigenvalue weighted by Gasteiger charge is 2.28. The Hall–Kier alpha value is -5.28. The number of nitrogens with zero attached hydrogens (tertiary/aromatic N) is 3. The predicted molar refractivity (Wildman–Crippen MR) is 172 cm³/mol. The highest BCUT2D eigenvalue weighted by molar-refractivity contribution is 7.17. The number of carbonyl (C=O) groups excluding carboxylic acids is 2. The molecule has 1 aliphatic rings. The van der Waals surface area contributed by atoms with Crippen LogP contribution in [0.25, 0.3) is 27.2 Å². The maximum atomic E-state index is 14.4. The standard InChI is InChI=1S/C35H27FN4O3S/c1-21-8-5-10-25(36)32(21)38-34(41)30-20-22-16-18-40(28-12-4-3-9-24(28)33(22)44-30)35(42)26-11-6-15-31(37-26)39-19-17-23-27(39)13-7-14-29(23)43-2/h3-15,17,19-20H,16,18H2,1-2H3,(H,38,41). The molecular weight excluding hydrogens is 575 g/mol. The topological polar surface area (TPSA) is 76.5 Å². The van der Waals surface area contributed by atoms with Crippen molar-refractivity contribution >= 4 is 45.4 Å². The Bertz CT molecular complexity index is 2060. The van der Waals surface area contributed by atoms with Crippen LogP contribution in [0.1, 0.15) is 31.3 Å². The van der Waals surface area contributed by atoms with Gasteiger partial charge in [0.15, 0.2) is 0 Å². The van der Waals surface area contributed by atoms with Crippen molar-refractivity contribution in [2.24, 2.45) is 0 Å². The maximum Gasteiger partial charge on any atom is 0.276 e. The Balaban J connectivity index is 1.20. The molecule has 0 unspecified atom stereocenters. The van der Waals surface area contributed by atoms with Crippen LogP contribution in [0.5, 0.6) is 5.75 Å². The van der Waals surface area contributed by atoms with E-state index in [4.69, 9.17) is 9.72 Å². The van der Waals surface area contributed by atoms with Crippen molar-refractivity contribution in [1.29, 1.82) is 0 Å². The lowest BCUT2D eigenvalue weighted by Gasteiger charge is -2.23. The highest BCUT2D eigenvalue weighted by atomic mass is 32.1. The molecule has 3 aromatic heterocycles. The van der Waals surface area contributed by atoms with Crippen molar-refractivity contribution in [3.63, 3.8) is 0 Å². The summed E-state index contributed by atoms with van der Waals surface area (Å²) >= 11 is 1.34. The molecule has 9 heteroatoms. The molecule has 1 N–H and O–H groups in total. The molecule has 1 aliphatic heterocycles. The fourth-order valence-corrected chi connectivity index (χ4v) is 6.86. The van der Waals surface area contributed by atoms with Crippen LogP contribution in [0, 0.1) is 12.7 Å². The van der Waals surface area contributed by atoms with E-state index in [0.29, 0.717) is 34.9 Å². The second kappa shape index (κ2) is 11.1. The zero-order chi connectivity index (χ0) is 30.4. The van der Waals surface area contributed by atoms with E-state index in [0.717, 1.165) is 38.3 Å². The van der Waals surface area contributed by atoms with Crippen LogP contribution in [-0.2, 0) is 6.42 Å². The zero-order valence-corrected chi connectivity index (χ0v) is 24.8. The first-order valence-electron chi connectivity index (χ1n) is 14.1. The largest absolute Gasteiger partial charge is 0.496 e. The summed E-state index contributed by atoms with van der Waals surface area (Å²) in [6, 6.07) is 27.5. The number of hydrogen-bond acceptors (Lipinski definition) is 5. The van der Waals surface area contributed by atoms with Gasteiger partial charge in [-0.15, -0.1) is 11.3 Å². The molecule has 0 saturated heterocycles. The third kappa shape index (κ3) is 4.71. The van der Waals surface area contributed by atoms with Crippen LogP contribution in [0.4, 0.5) is 15.8 Å². The van der Waals surface area contributed by atoms with Gasteiger partial charge >= 0.3 is 0 Å². The third-order valence-corrected chi connectivity index (χ3v) is 9.11. The number of aryl methyl sites for hydroxylation is 1. The Morgan fingerprint density at radius 2 is 1.80 bits per heavy atom. The summed E-state index contributed by atoms with van der Waals surface area (Å²) in [5.74, 6) is 0.347. The molecule has 44 heavy (non-hydrogen) atoms. The summed E-state index contributed by atoms with van der Waals surface area (Å²) in [5, 5.41) is 3.70. The van der Waals surface area contributed by atoms with Crippen molar-refractivity contribution in [2.75, 3.05) is 23.9 Å². The van der Waals surface area contributed by atoms with Gasteiger partial charge < -0.3 is 19.5 Å². The van der Waals surface area contributed by atoms with Gasteiger partial charge in [-0.05, 0) is 73.0 Å². The second-order valence-corrected chi connectivity index (χ2v) is 11.6. The van der Waals surface area contributed by atoms with Crippen LogP contribution in [0.2, 0.25) is 0 Å². The third-order valence-electron chi connectivity index (χ3n) is 7.90. The first kappa shape index (κ1) is 27.5. The number of carbonyl (C=O) groups is 2. The number of rotatable bonds is 5. The van der Waals surface area contributed by atoms with Crippen molar-refractivity contribution < 1.29 is 18.7 Å². The molecule has 0 saturated carbocycles. The minimum Gasteiger partial charge on any atom is -0.496 e. The van der Waals surface area contributed by atoms with Crippen molar-refractivity contribution in [1.82, 2.24) is 9.55 Å². The molecule has 7 rings (SSSR count). The fourth-order valence-electron chi connectivity index (χ4n) is 5.72. The molecule has 0 radical (unpaired) electrons. The normalized spacial score (nSPS) is 12.4. The Morgan fingerprint density at radius 3 is 2.64 bits per heavy atom. The van der Waals surface area contributed by atoms with Gasteiger partial charge in [0.2, 0.25) is 0 Å². The number of para-hydroxylation sites is 2. The van der Waals surface area contributed by atoms with E-state index in [1.807, 2.05) is 77.5 Å². The zero-order valence-electron chi connectivity index (χ0n) is 24.0. The average Bonchev–Trinajstić information content (AvgIpc) is 3.65. The number of nitrogens with one attached hydrogen (secondary N) is 1. The van der Waals surface area contributed by atoms with E-state index < -0.39 is 5.82 Å². The van der Waals surface area contributed by atoms with E-state index in [9.17, 15) is 14.0 Å². The van der Waals surface area contributed by atoms with Crippen LogP contribution >= 0.6 is 11.3 Å². The summed E-state index contributed by atoms with van der Waals surface area (Å²) in [6.45, 7) is 2.16. The van der Waals surface area contributed by atoms with Gasteiger partial charge in [0.05, 0.1) is 28.9 Å². The monoisotopic (exact) mass is 602 g/mol. The number of hydrogen-bond donors (Lipinski definition) is 1. The summed E-state index contributed by atoms with van der Waals surface area (Å²) in [6.07, 6.45) is 2.46. The van der Waals surface area contributed by atoms with E-state index in [1.165, 1.54) is 17.4 Å².